The van der Waals surface area contributed by atoms with Crippen LogP contribution in [0.25, 0.3) is 11.4 Å². The lowest BCUT2D eigenvalue weighted by atomic mass is 9.96. The van der Waals surface area contributed by atoms with Crippen LogP contribution in [0.1, 0.15) is 62.8 Å². The van der Waals surface area contributed by atoms with E-state index in [-0.39, 0.29) is 11.8 Å². The Morgan fingerprint density at radius 2 is 1.86 bits per heavy atom. The third kappa shape index (κ3) is 5.44. The van der Waals surface area contributed by atoms with Gasteiger partial charge in [0.15, 0.2) is 0 Å². The van der Waals surface area contributed by atoms with Crippen LogP contribution in [0.5, 0.6) is 0 Å². The molecule has 6 nitrogen and oxygen atoms in total. The van der Waals surface area contributed by atoms with Gasteiger partial charge in [0, 0.05) is 18.2 Å². The van der Waals surface area contributed by atoms with Crippen molar-refractivity contribution in [3.63, 3.8) is 0 Å². The molecular weight excluding hydrogens is 364 g/mol. The molecule has 1 aliphatic carbocycles. The van der Waals surface area contributed by atoms with Gasteiger partial charge in [-0.1, -0.05) is 60.7 Å². The smallest absolute Gasteiger partial charge is 0.241 e. The van der Waals surface area contributed by atoms with E-state index in [1.54, 1.807) is 0 Å². The fourth-order valence-electron chi connectivity index (χ4n) is 4.49. The maximum absolute atomic E-state index is 12.8. The summed E-state index contributed by atoms with van der Waals surface area (Å²) in [4.78, 5) is 19.6. The summed E-state index contributed by atoms with van der Waals surface area (Å²) in [6.45, 7) is 4.40. The lowest BCUT2D eigenvalue weighted by Gasteiger charge is -2.31. The fraction of sp³-hybridized carbons (Fsp3) is 0.609. The molecule has 1 aromatic heterocycles. The molecule has 1 saturated heterocycles. The molecule has 156 valence electrons. The zero-order valence-corrected chi connectivity index (χ0v) is 17.4. The number of likely N-dealkylation sites (tertiary alicyclic amines) is 1. The maximum Gasteiger partial charge on any atom is 0.241 e. The lowest BCUT2D eigenvalue weighted by molar-refractivity contribution is -0.127. The molecule has 0 spiro atoms. The van der Waals surface area contributed by atoms with Gasteiger partial charge in [-0.25, -0.2) is 0 Å². The van der Waals surface area contributed by atoms with E-state index in [1.807, 2.05) is 24.3 Å². The SMILES string of the molecule is Cc1ccc(-c2noc(CN3CCCC(C(=O)NC4CCCCCC4)C3)n2)cc1. The van der Waals surface area contributed by atoms with E-state index in [9.17, 15) is 4.79 Å². The van der Waals surface area contributed by atoms with Gasteiger partial charge in [-0.2, -0.15) is 4.98 Å². The van der Waals surface area contributed by atoms with Crippen molar-refractivity contribution >= 4 is 5.91 Å². The molecule has 0 radical (unpaired) electrons. The molecular formula is C23H32N4O2. The van der Waals surface area contributed by atoms with Crippen molar-refractivity contribution in [3.05, 3.63) is 35.7 Å². The summed E-state index contributed by atoms with van der Waals surface area (Å²) >= 11 is 0. The van der Waals surface area contributed by atoms with Crippen molar-refractivity contribution in [2.75, 3.05) is 13.1 Å². The molecule has 2 aliphatic rings. The maximum atomic E-state index is 12.8. The Balaban J connectivity index is 1.31. The second kappa shape index (κ2) is 9.53. The minimum atomic E-state index is 0.0616. The number of rotatable bonds is 5. The Hall–Kier alpha value is -2.21. The molecule has 1 aliphatic heterocycles. The van der Waals surface area contributed by atoms with Gasteiger partial charge in [-0.15, -0.1) is 0 Å². The number of nitrogens with one attached hydrogen (secondary N) is 1. The number of carbonyl (C=O) groups is 1. The van der Waals surface area contributed by atoms with Crippen molar-refractivity contribution in [2.45, 2.75) is 70.9 Å². The minimum Gasteiger partial charge on any atom is -0.353 e. The van der Waals surface area contributed by atoms with Gasteiger partial charge in [0.25, 0.3) is 0 Å². The summed E-state index contributed by atoms with van der Waals surface area (Å²) in [5.74, 6) is 1.53. The van der Waals surface area contributed by atoms with E-state index in [1.165, 1.54) is 31.2 Å². The first-order valence-corrected chi connectivity index (χ1v) is 11.1. The van der Waals surface area contributed by atoms with Crippen molar-refractivity contribution in [1.29, 1.82) is 0 Å². The van der Waals surface area contributed by atoms with Crippen LogP contribution in [0.4, 0.5) is 0 Å². The third-order valence-corrected chi connectivity index (χ3v) is 6.21. The van der Waals surface area contributed by atoms with Crippen molar-refractivity contribution < 1.29 is 9.32 Å². The Kier molecular flexibility index (Phi) is 6.60. The monoisotopic (exact) mass is 396 g/mol. The van der Waals surface area contributed by atoms with Gasteiger partial charge in [-0.05, 0) is 39.2 Å². The largest absolute Gasteiger partial charge is 0.353 e. The van der Waals surface area contributed by atoms with E-state index in [0.29, 0.717) is 24.3 Å². The summed E-state index contributed by atoms with van der Waals surface area (Å²) in [6, 6.07) is 8.49. The summed E-state index contributed by atoms with van der Waals surface area (Å²) in [5, 5.41) is 7.46. The first-order valence-electron chi connectivity index (χ1n) is 11.1. The van der Waals surface area contributed by atoms with E-state index < -0.39 is 0 Å². The zero-order chi connectivity index (χ0) is 20.1. The predicted molar refractivity (Wildman–Crippen MR) is 112 cm³/mol. The highest BCUT2D eigenvalue weighted by Gasteiger charge is 2.28. The molecule has 1 saturated carbocycles. The number of hydrogen-bond acceptors (Lipinski definition) is 5. The van der Waals surface area contributed by atoms with Gasteiger partial charge >= 0.3 is 0 Å². The average Bonchev–Trinajstić information content (AvgIpc) is 3.04. The summed E-state index contributed by atoms with van der Waals surface area (Å²) in [6.07, 6.45) is 9.34. The Bertz CT molecular complexity index is 793. The normalized spacial score (nSPS) is 21.6. The fourth-order valence-corrected chi connectivity index (χ4v) is 4.49. The number of aromatic nitrogens is 2. The highest BCUT2D eigenvalue weighted by Crippen LogP contribution is 2.22. The summed E-state index contributed by atoms with van der Waals surface area (Å²) < 4.78 is 5.48. The average molecular weight is 397 g/mol. The lowest BCUT2D eigenvalue weighted by Crippen LogP contribution is -2.45. The number of carbonyl (C=O) groups excluding carboxylic acids is 1. The van der Waals surface area contributed by atoms with Crippen molar-refractivity contribution in [2.24, 2.45) is 5.92 Å². The first-order chi connectivity index (χ1) is 14.2. The van der Waals surface area contributed by atoms with Gasteiger partial charge in [-0.3, -0.25) is 9.69 Å². The Labute approximate surface area is 173 Å². The van der Waals surface area contributed by atoms with Crippen molar-refractivity contribution in [3.8, 4) is 11.4 Å². The topological polar surface area (TPSA) is 71.3 Å². The van der Waals surface area contributed by atoms with Crippen LogP contribution in [-0.2, 0) is 11.3 Å². The minimum absolute atomic E-state index is 0.0616. The molecule has 29 heavy (non-hydrogen) atoms. The van der Waals surface area contributed by atoms with Crippen molar-refractivity contribution in [1.82, 2.24) is 20.4 Å². The summed E-state index contributed by atoms with van der Waals surface area (Å²) in [7, 11) is 0. The molecule has 1 amide bonds. The standard InChI is InChI=1S/C23H32N4O2/c1-17-10-12-18(13-11-17)22-25-21(29-26-22)16-27-14-6-7-19(15-27)23(28)24-20-8-4-2-3-5-9-20/h10-13,19-20H,2-9,14-16H2,1H3,(H,24,28). The first kappa shape index (κ1) is 20.1. The number of piperidine rings is 1. The molecule has 1 unspecified atom stereocenters. The van der Waals surface area contributed by atoms with Crippen LogP contribution in [0.15, 0.2) is 28.8 Å². The molecule has 1 N–H and O–H groups in total. The second-order valence-corrected chi connectivity index (χ2v) is 8.65. The number of aryl methyl sites for hydroxylation is 1. The number of nitrogens with zero attached hydrogens (tertiary/aromatic N) is 3. The molecule has 2 heterocycles. The quantitative estimate of drug-likeness (QED) is 0.771. The number of hydrogen-bond donors (Lipinski definition) is 1. The molecule has 0 bridgehead atoms. The van der Waals surface area contributed by atoms with Gasteiger partial charge in [0.05, 0.1) is 12.5 Å². The Morgan fingerprint density at radius 1 is 1.10 bits per heavy atom. The van der Waals surface area contributed by atoms with E-state index >= 15 is 0 Å². The van der Waals surface area contributed by atoms with Gasteiger partial charge in [0.1, 0.15) is 0 Å². The molecule has 2 aromatic rings. The van der Waals surface area contributed by atoms with Crippen LogP contribution in [0.2, 0.25) is 0 Å². The molecule has 2 fully saturated rings. The van der Waals surface area contributed by atoms with E-state index in [2.05, 4.69) is 27.3 Å². The van der Waals surface area contributed by atoms with Crippen LogP contribution < -0.4 is 5.32 Å². The Morgan fingerprint density at radius 3 is 2.62 bits per heavy atom. The van der Waals surface area contributed by atoms with E-state index in [0.717, 1.165) is 44.3 Å². The van der Waals surface area contributed by atoms with E-state index in [4.69, 9.17) is 4.52 Å². The highest BCUT2D eigenvalue weighted by atomic mass is 16.5. The molecule has 6 heteroatoms. The third-order valence-electron chi connectivity index (χ3n) is 6.21. The molecule has 4 rings (SSSR count). The number of benzene rings is 1. The zero-order valence-electron chi connectivity index (χ0n) is 17.4. The van der Waals surface area contributed by atoms with Crippen LogP contribution >= 0.6 is 0 Å². The van der Waals surface area contributed by atoms with Crippen LogP contribution in [0, 0.1) is 12.8 Å². The number of amides is 1. The van der Waals surface area contributed by atoms with Crippen LogP contribution in [0.3, 0.4) is 0 Å². The van der Waals surface area contributed by atoms with Gasteiger partial charge in [0.2, 0.25) is 17.6 Å². The molecule has 1 atom stereocenters. The predicted octanol–water partition coefficient (Wildman–Crippen LogP) is 4.10. The highest BCUT2D eigenvalue weighted by molar-refractivity contribution is 5.79. The summed E-state index contributed by atoms with van der Waals surface area (Å²) in [5.41, 5.74) is 2.17. The van der Waals surface area contributed by atoms with Crippen LogP contribution in [-0.4, -0.2) is 40.1 Å². The van der Waals surface area contributed by atoms with Gasteiger partial charge < -0.3 is 9.84 Å². The second-order valence-electron chi connectivity index (χ2n) is 8.65. The molecule has 1 aromatic carbocycles.